The summed E-state index contributed by atoms with van der Waals surface area (Å²) in [6, 6.07) is 11.6. The van der Waals surface area contributed by atoms with Gasteiger partial charge >= 0.3 is 6.61 Å². The SMILES string of the molecule is COc1cccc2c(NCC(O)c3ccc(OC(F)F)cc3)c(C)cnc12. The first-order valence-corrected chi connectivity index (χ1v) is 8.38. The molecule has 0 saturated heterocycles. The number of benzene rings is 2. The van der Waals surface area contributed by atoms with Crippen LogP contribution < -0.4 is 14.8 Å². The van der Waals surface area contributed by atoms with Gasteiger partial charge in [0.2, 0.25) is 0 Å². The third kappa shape index (κ3) is 4.25. The van der Waals surface area contributed by atoms with Gasteiger partial charge in [0, 0.05) is 23.8 Å². The number of hydrogen-bond acceptors (Lipinski definition) is 5. The molecule has 3 aromatic rings. The Hall–Kier alpha value is -2.93. The van der Waals surface area contributed by atoms with Crippen LogP contribution in [0.15, 0.2) is 48.7 Å². The van der Waals surface area contributed by atoms with Crippen molar-refractivity contribution in [3.8, 4) is 11.5 Å². The number of fused-ring (bicyclic) bond motifs is 1. The van der Waals surface area contributed by atoms with E-state index in [2.05, 4.69) is 15.0 Å². The lowest BCUT2D eigenvalue weighted by Gasteiger charge is -2.17. The van der Waals surface area contributed by atoms with Crippen molar-refractivity contribution in [3.05, 3.63) is 59.8 Å². The van der Waals surface area contributed by atoms with Crippen molar-refractivity contribution < 1.29 is 23.4 Å². The van der Waals surface area contributed by atoms with Crippen LogP contribution in [0.25, 0.3) is 10.9 Å². The Morgan fingerprint density at radius 2 is 1.89 bits per heavy atom. The molecule has 5 nitrogen and oxygen atoms in total. The standard InChI is InChI=1S/C20H20F2N2O3/c1-12-10-23-19-15(4-3-5-17(19)26-2)18(12)24-11-16(25)13-6-8-14(9-7-13)27-20(21)22/h3-10,16,20,25H,11H2,1-2H3,(H,23,24). The quantitative estimate of drug-likeness (QED) is 0.646. The van der Waals surface area contributed by atoms with E-state index in [1.165, 1.54) is 12.1 Å². The lowest BCUT2D eigenvalue weighted by Crippen LogP contribution is -2.13. The summed E-state index contributed by atoms with van der Waals surface area (Å²) in [5.41, 5.74) is 3.12. The van der Waals surface area contributed by atoms with Gasteiger partial charge in [0.25, 0.3) is 0 Å². The number of aliphatic hydroxyl groups is 1. The Morgan fingerprint density at radius 1 is 1.15 bits per heavy atom. The number of rotatable bonds is 7. The fourth-order valence-electron chi connectivity index (χ4n) is 2.88. The van der Waals surface area contributed by atoms with Gasteiger partial charge in [0.15, 0.2) is 0 Å². The molecule has 0 saturated carbocycles. The number of pyridine rings is 1. The molecule has 1 unspecified atom stereocenters. The predicted octanol–water partition coefficient (Wildman–Crippen LogP) is 4.30. The first-order valence-electron chi connectivity index (χ1n) is 8.38. The Balaban J connectivity index is 1.77. The van der Waals surface area contributed by atoms with Gasteiger partial charge in [0.05, 0.1) is 13.2 Å². The zero-order valence-electron chi connectivity index (χ0n) is 14.9. The number of methoxy groups -OCH3 is 1. The number of aliphatic hydroxyl groups excluding tert-OH is 1. The van der Waals surface area contributed by atoms with Crippen LogP contribution in [0.2, 0.25) is 0 Å². The zero-order valence-corrected chi connectivity index (χ0v) is 14.9. The molecule has 3 rings (SSSR count). The predicted molar refractivity (Wildman–Crippen MR) is 99.6 cm³/mol. The van der Waals surface area contributed by atoms with E-state index in [1.54, 1.807) is 25.4 Å². The number of alkyl halides is 2. The molecule has 2 N–H and O–H groups in total. The highest BCUT2D eigenvalue weighted by Crippen LogP contribution is 2.31. The first kappa shape index (κ1) is 18.8. The summed E-state index contributed by atoms with van der Waals surface area (Å²) in [4.78, 5) is 4.43. The number of aryl methyl sites for hydroxylation is 1. The molecule has 7 heteroatoms. The molecule has 0 aliphatic heterocycles. The highest BCUT2D eigenvalue weighted by Gasteiger charge is 2.13. The minimum Gasteiger partial charge on any atom is -0.494 e. The summed E-state index contributed by atoms with van der Waals surface area (Å²) in [5, 5.41) is 14.6. The second kappa shape index (κ2) is 8.18. The molecule has 0 bridgehead atoms. The maximum atomic E-state index is 12.2. The van der Waals surface area contributed by atoms with Crippen LogP contribution in [0.4, 0.5) is 14.5 Å². The number of nitrogens with zero attached hydrogens (tertiary/aromatic N) is 1. The smallest absolute Gasteiger partial charge is 0.387 e. The van der Waals surface area contributed by atoms with E-state index in [1.807, 2.05) is 25.1 Å². The third-order valence-corrected chi connectivity index (χ3v) is 4.23. The number of para-hydroxylation sites is 1. The second-order valence-electron chi connectivity index (χ2n) is 6.02. The maximum absolute atomic E-state index is 12.2. The van der Waals surface area contributed by atoms with Gasteiger partial charge < -0.3 is 19.9 Å². The molecule has 1 aromatic heterocycles. The zero-order chi connectivity index (χ0) is 19.4. The van der Waals surface area contributed by atoms with Crippen molar-refractivity contribution in [2.75, 3.05) is 19.0 Å². The summed E-state index contributed by atoms with van der Waals surface area (Å²) < 4.78 is 34.1. The number of halogens is 2. The van der Waals surface area contributed by atoms with Gasteiger partial charge in [-0.1, -0.05) is 24.3 Å². The molecule has 142 valence electrons. The topological polar surface area (TPSA) is 63.6 Å². The second-order valence-corrected chi connectivity index (χ2v) is 6.02. The summed E-state index contributed by atoms with van der Waals surface area (Å²) in [7, 11) is 1.59. The van der Waals surface area contributed by atoms with Crippen molar-refractivity contribution in [2.45, 2.75) is 19.6 Å². The maximum Gasteiger partial charge on any atom is 0.387 e. The lowest BCUT2D eigenvalue weighted by molar-refractivity contribution is -0.0498. The van der Waals surface area contributed by atoms with Gasteiger partial charge in [-0.25, -0.2) is 0 Å². The van der Waals surface area contributed by atoms with Gasteiger partial charge in [0.1, 0.15) is 17.0 Å². The largest absolute Gasteiger partial charge is 0.494 e. The third-order valence-electron chi connectivity index (χ3n) is 4.23. The van der Waals surface area contributed by atoms with E-state index in [-0.39, 0.29) is 12.3 Å². The normalized spacial score (nSPS) is 12.2. The molecule has 0 spiro atoms. The summed E-state index contributed by atoms with van der Waals surface area (Å²) in [6.07, 6.45) is 0.926. The van der Waals surface area contributed by atoms with E-state index >= 15 is 0 Å². The fourth-order valence-corrected chi connectivity index (χ4v) is 2.88. The molecule has 1 heterocycles. The van der Waals surface area contributed by atoms with Crippen LogP contribution in [0.3, 0.4) is 0 Å². The molecule has 0 fully saturated rings. The molecule has 2 aromatic carbocycles. The molecular formula is C20H20F2N2O3. The molecule has 27 heavy (non-hydrogen) atoms. The number of ether oxygens (including phenoxy) is 2. The molecule has 0 amide bonds. The Labute approximate surface area is 155 Å². The molecule has 0 aliphatic carbocycles. The highest BCUT2D eigenvalue weighted by atomic mass is 19.3. The highest BCUT2D eigenvalue weighted by molar-refractivity contribution is 5.96. The average Bonchev–Trinajstić information content (AvgIpc) is 2.66. The molecular weight excluding hydrogens is 354 g/mol. The van der Waals surface area contributed by atoms with Crippen LogP contribution >= 0.6 is 0 Å². The van der Waals surface area contributed by atoms with Crippen molar-refractivity contribution in [2.24, 2.45) is 0 Å². The number of anilines is 1. The minimum atomic E-state index is -2.87. The summed E-state index contributed by atoms with van der Waals surface area (Å²) >= 11 is 0. The fraction of sp³-hybridized carbons (Fsp3) is 0.250. The Morgan fingerprint density at radius 3 is 2.56 bits per heavy atom. The van der Waals surface area contributed by atoms with Crippen molar-refractivity contribution in [1.29, 1.82) is 0 Å². The van der Waals surface area contributed by atoms with Gasteiger partial charge in [-0.3, -0.25) is 4.98 Å². The van der Waals surface area contributed by atoms with E-state index < -0.39 is 12.7 Å². The van der Waals surface area contributed by atoms with Crippen molar-refractivity contribution >= 4 is 16.6 Å². The van der Waals surface area contributed by atoms with Gasteiger partial charge in [-0.05, 0) is 36.2 Å². The van der Waals surface area contributed by atoms with Crippen LogP contribution in [-0.2, 0) is 0 Å². The monoisotopic (exact) mass is 374 g/mol. The van der Waals surface area contributed by atoms with Gasteiger partial charge in [-0.15, -0.1) is 0 Å². The first-order chi connectivity index (χ1) is 13.0. The van der Waals surface area contributed by atoms with Gasteiger partial charge in [-0.2, -0.15) is 8.78 Å². The van der Waals surface area contributed by atoms with E-state index in [0.29, 0.717) is 11.3 Å². The van der Waals surface area contributed by atoms with Crippen molar-refractivity contribution in [3.63, 3.8) is 0 Å². The molecule has 1 atom stereocenters. The summed E-state index contributed by atoms with van der Waals surface area (Å²) in [6.45, 7) is -0.703. The number of hydrogen-bond donors (Lipinski definition) is 2. The van der Waals surface area contributed by atoms with Crippen LogP contribution in [0.1, 0.15) is 17.2 Å². The van der Waals surface area contributed by atoms with E-state index in [0.717, 1.165) is 22.2 Å². The summed E-state index contributed by atoms with van der Waals surface area (Å²) in [5.74, 6) is 0.725. The molecule has 0 aliphatic rings. The number of aromatic nitrogens is 1. The minimum absolute atomic E-state index is 0.0528. The van der Waals surface area contributed by atoms with Crippen LogP contribution in [0.5, 0.6) is 11.5 Å². The van der Waals surface area contributed by atoms with E-state index in [4.69, 9.17) is 4.74 Å². The Kier molecular flexibility index (Phi) is 5.71. The average molecular weight is 374 g/mol. The number of nitrogens with one attached hydrogen (secondary N) is 1. The lowest BCUT2D eigenvalue weighted by atomic mass is 10.1. The molecule has 0 radical (unpaired) electrons. The van der Waals surface area contributed by atoms with Crippen LogP contribution in [0, 0.1) is 6.92 Å². The van der Waals surface area contributed by atoms with E-state index in [9.17, 15) is 13.9 Å². The van der Waals surface area contributed by atoms with Crippen LogP contribution in [-0.4, -0.2) is 30.4 Å². The van der Waals surface area contributed by atoms with Crippen molar-refractivity contribution in [1.82, 2.24) is 4.98 Å². The Bertz CT molecular complexity index is 917.